The lowest BCUT2D eigenvalue weighted by Crippen LogP contribution is -2.38. The van der Waals surface area contributed by atoms with Crippen LogP contribution in [0.25, 0.3) is 6.08 Å². The number of hydrogen-bond acceptors (Lipinski definition) is 1. The minimum absolute atomic E-state index is 0.276. The second kappa shape index (κ2) is 4.97. The summed E-state index contributed by atoms with van der Waals surface area (Å²) < 4.78 is 0. The van der Waals surface area contributed by atoms with E-state index in [-0.39, 0.29) is 6.85 Å². The van der Waals surface area contributed by atoms with Crippen molar-refractivity contribution in [3.05, 3.63) is 65.6 Å². The average molecular weight is 247 g/mol. The molecule has 19 heavy (non-hydrogen) atoms. The van der Waals surface area contributed by atoms with E-state index in [2.05, 4.69) is 79.7 Å². The van der Waals surface area contributed by atoms with Crippen LogP contribution < -0.4 is 10.7 Å². The summed E-state index contributed by atoms with van der Waals surface area (Å²) in [6.45, 7) is 4.74. The van der Waals surface area contributed by atoms with Gasteiger partial charge in [-0.1, -0.05) is 67.8 Å². The fourth-order valence-corrected chi connectivity index (χ4v) is 2.48. The van der Waals surface area contributed by atoms with Gasteiger partial charge in [0.25, 0.3) is 0 Å². The van der Waals surface area contributed by atoms with E-state index in [1.54, 1.807) is 0 Å². The summed E-state index contributed by atoms with van der Waals surface area (Å²) in [7, 11) is 0. The number of benzene rings is 2. The van der Waals surface area contributed by atoms with E-state index in [0.717, 1.165) is 0 Å². The molecule has 0 aromatic heterocycles. The van der Waals surface area contributed by atoms with E-state index in [1.807, 2.05) is 0 Å². The highest BCUT2D eigenvalue weighted by Crippen LogP contribution is 2.26. The van der Waals surface area contributed by atoms with Gasteiger partial charge in [-0.25, -0.2) is 0 Å². The molecule has 0 unspecified atom stereocenters. The molecule has 1 N–H and O–H groups in total. The van der Waals surface area contributed by atoms with Crippen molar-refractivity contribution < 1.29 is 0 Å². The minimum atomic E-state index is 0.276. The second-order valence-corrected chi connectivity index (χ2v) is 5.39. The zero-order valence-electron chi connectivity index (χ0n) is 11.4. The number of anilines is 1. The summed E-state index contributed by atoms with van der Waals surface area (Å²) in [6.07, 6.45) is 2.23. The molecule has 0 aliphatic carbocycles. The van der Waals surface area contributed by atoms with Crippen LogP contribution in [0, 0.1) is 0 Å². The molecule has 0 radical (unpaired) electrons. The van der Waals surface area contributed by atoms with Crippen LogP contribution >= 0.6 is 0 Å². The Morgan fingerprint density at radius 3 is 2.53 bits per heavy atom. The van der Waals surface area contributed by atoms with Crippen LogP contribution in [0.15, 0.2) is 54.5 Å². The van der Waals surface area contributed by atoms with E-state index >= 15 is 0 Å². The average Bonchev–Trinajstić information content (AvgIpc) is 2.47. The molecule has 0 bridgehead atoms. The molecule has 1 aliphatic rings. The van der Waals surface area contributed by atoms with E-state index in [0.29, 0.717) is 5.92 Å². The summed E-state index contributed by atoms with van der Waals surface area (Å²) in [6, 6.07) is 17.3. The molecular formula is C17H18BN. The Bertz CT molecular complexity index is 602. The van der Waals surface area contributed by atoms with Crippen LogP contribution in [-0.2, 0) is 0 Å². The van der Waals surface area contributed by atoms with Gasteiger partial charge in [-0.05, 0) is 29.2 Å². The van der Waals surface area contributed by atoms with Gasteiger partial charge >= 0.3 is 6.85 Å². The van der Waals surface area contributed by atoms with Gasteiger partial charge in [0.15, 0.2) is 0 Å². The normalized spacial score (nSPS) is 13.3. The van der Waals surface area contributed by atoms with Crippen molar-refractivity contribution in [3.63, 3.8) is 0 Å². The van der Waals surface area contributed by atoms with Crippen LogP contribution in [-0.4, -0.2) is 6.85 Å². The summed E-state index contributed by atoms with van der Waals surface area (Å²) in [4.78, 5) is 0. The monoisotopic (exact) mass is 247 g/mol. The molecule has 94 valence electrons. The Labute approximate surface area is 115 Å². The highest BCUT2D eigenvalue weighted by molar-refractivity contribution is 6.81. The quantitative estimate of drug-likeness (QED) is 0.798. The zero-order valence-corrected chi connectivity index (χ0v) is 11.4. The first-order valence-corrected chi connectivity index (χ1v) is 6.87. The van der Waals surface area contributed by atoms with Crippen molar-refractivity contribution in [1.82, 2.24) is 0 Å². The lowest BCUT2D eigenvalue weighted by molar-refractivity contribution is 0.866. The van der Waals surface area contributed by atoms with Crippen LogP contribution in [0.3, 0.4) is 0 Å². The van der Waals surface area contributed by atoms with Gasteiger partial charge in [-0.15, -0.1) is 0 Å². The SMILES string of the molecule is CC(C)c1ccc2c(c1)C=CB(c1ccccc1)N2. The second-order valence-electron chi connectivity index (χ2n) is 5.39. The highest BCUT2D eigenvalue weighted by Gasteiger charge is 2.18. The lowest BCUT2D eigenvalue weighted by Gasteiger charge is -2.21. The van der Waals surface area contributed by atoms with Gasteiger partial charge in [0.05, 0.1) is 0 Å². The van der Waals surface area contributed by atoms with Gasteiger partial charge in [0.2, 0.25) is 0 Å². The number of rotatable bonds is 2. The number of fused-ring (bicyclic) bond motifs is 1. The highest BCUT2D eigenvalue weighted by atomic mass is 14.8. The molecule has 0 saturated carbocycles. The third kappa shape index (κ3) is 2.44. The summed E-state index contributed by atoms with van der Waals surface area (Å²) in [5, 5.41) is 3.59. The van der Waals surface area contributed by atoms with E-state index in [4.69, 9.17) is 0 Å². The van der Waals surface area contributed by atoms with Crippen molar-refractivity contribution in [2.75, 3.05) is 5.23 Å². The van der Waals surface area contributed by atoms with Crippen LogP contribution in [0.2, 0.25) is 0 Å². The third-order valence-corrected chi connectivity index (χ3v) is 3.68. The molecule has 0 spiro atoms. The van der Waals surface area contributed by atoms with Crippen LogP contribution in [0.1, 0.15) is 30.9 Å². The minimum Gasteiger partial charge on any atom is -0.420 e. The molecular weight excluding hydrogens is 229 g/mol. The summed E-state index contributed by atoms with van der Waals surface area (Å²) >= 11 is 0. The number of nitrogens with one attached hydrogen (secondary N) is 1. The number of hydrogen-bond donors (Lipinski definition) is 1. The standard InChI is InChI=1S/C17H18BN/c1-13(2)14-8-9-17-15(12-14)10-11-18(19-17)16-6-4-3-5-7-16/h3-13,19H,1-2H3. The van der Waals surface area contributed by atoms with Gasteiger partial charge in [0.1, 0.15) is 0 Å². The lowest BCUT2D eigenvalue weighted by atomic mass is 9.54. The predicted octanol–water partition coefficient (Wildman–Crippen LogP) is 3.69. The molecule has 0 atom stereocenters. The van der Waals surface area contributed by atoms with E-state index in [9.17, 15) is 0 Å². The van der Waals surface area contributed by atoms with Crippen molar-refractivity contribution in [2.24, 2.45) is 0 Å². The maximum Gasteiger partial charge on any atom is 0.313 e. The molecule has 2 heteroatoms. The summed E-state index contributed by atoms with van der Waals surface area (Å²) in [5.74, 6) is 2.81. The molecule has 3 rings (SSSR count). The van der Waals surface area contributed by atoms with Crippen molar-refractivity contribution in [3.8, 4) is 0 Å². The molecule has 1 nitrogen and oxygen atoms in total. The van der Waals surface area contributed by atoms with Gasteiger partial charge in [-0.2, -0.15) is 0 Å². The molecule has 2 aromatic rings. The van der Waals surface area contributed by atoms with Crippen LogP contribution in [0.4, 0.5) is 5.69 Å². The van der Waals surface area contributed by atoms with Gasteiger partial charge in [0, 0.05) is 5.69 Å². The fourth-order valence-electron chi connectivity index (χ4n) is 2.48. The first-order chi connectivity index (χ1) is 9.24. The third-order valence-electron chi connectivity index (χ3n) is 3.68. The topological polar surface area (TPSA) is 12.0 Å². The van der Waals surface area contributed by atoms with Gasteiger partial charge in [-0.3, -0.25) is 0 Å². The molecule has 1 aliphatic heterocycles. The smallest absolute Gasteiger partial charge is 0.313 e. The van der Waals surface area contributed by atoms with Crippen molar-refractivity contribution in [1.29, 1.82) is 0 Å². The first-order valence-electron chi connectivity index (χ1n) is 6.87. The van der Waals surface area contributed by atoms with Gasteiger partial charge < -0.3 is 5.23 Å². The Morgan fingerprint density at radius 2 is 1.79 bits per heavy atom. The van der Waals surface area contributed by atoms with Crippen molar-refractivity contribution >= 4 is 24.1 Å². The first kappa shape index (κ1) is 12.1. The Balaban J connectivity index is 1.90. The van der Waals surface area contributed by atoms with E-state index < -0.39 is 0 Å². The molecule has 1 heterocycles. The zero-order chi connectivity index (χ0) is 13.2. The maximum atomic E-state index is 3.59. The summed E-state index contributed by atoms with van der Waals surface area (Å²) in [5.41, 5.74) is 5.21. The fraction of sp³-hybridized carbons (Fsp3) is 0.176. The Kier molecular flexibility index (Phi) is 3.16. The molecule has 2 aromatic carbocycles. The van der Waals surface area contributed by atoms with Crippen molar-refractivity contribution in [2.45, 2.75) is 19.8 Å². The predicted molar refractivity (Wildman–Crippen MR) is 85.0 cm³/mol. The van der Waals surface area contributed by atoms with E-state index in [1.165, 1.54) is 22.3 Å². The molecule has 0 amide bonds. The maximum absolute atomic E-state index is 3.59. The molecule has 0 saturated heterocycles. The molecule has 0 fully saturated rings. The Morgan fingerprint density at radius 1 is 1.00 bits per heavy atom. The van der Waals surface area contributed by atoms with Crippen LogP contribution in [0.5, 0.6) is 0 Å². The largest absolute Gasteiger partial charge is 0.420 e. The Hall–Kier alpha value is -1.96.